The van der Waals surface area contributed by atoms with Crippen LogP contribution >= 0.6 is 10.7 Å². The van der Waals surface area contributed by atoms with E-state index >= 15 is 0 Å². The van der Waals surface area contributed by atoms with Crippen molar-refractivity contribution < 1.29 is 13.2 Å². The molecular weight excluding hydrogens is 298 g/mol. The second-order valence-electron chi connectivity index (χ2n) is 5.86. The number of nitrogens with one attached hydrogen (secondary N) is 1. The second kappa shape index (κ2) is 5.04. The third-order valence-electron chi connectivity index (χ3n) is 3.81. The second-order valence-corrected chi connectivity index (χ2v) is 8.40. The summed E-state index contributed by atoms with van der Waals surface area (Å²) in [4.78, 5) is 12.2. The highest BCUT2D eigenvalue weighted by Crippen LogP contribution is 2.44. The van der Waals surface area contributed by atoms with Crippen LogP contribution in [0.4, 0.5) is 0 Å². The minimum absolute atomic E-state index is 0.00690. The quantitative estimate of drug-likeness (QED) is 0.869. The molecule has 0 heterocycles. The molecule has 20 heavy (non-hydrogen) atoms. The molecule has 1 aromatic rings. The number of amides is 1. The summed E-state index contributed by atoms with van der Waals surface area (Å²) in [7, 11) is 1.55. The Balaban J connectivity index is 2.28. The van der Waals surface area contributed by atoms with Crippen molar-refractivity contribution in [1.82, 2.24) is 5.32 Å². The third kappa shape index (κ3) is 3.33. The molecule has 1 amide bonds. The fraction of sp³-hybridized carbons (Fsp3) is 0.500. The Kier molecular flexibility index (Phi) is 3.86. The maximum atomic E-state index is 12.2. The van der Waals surface area contributed by atoms with Gasteiger partial charge in [0, 0.05) is 22.8 Å². The van der Waals surface area contributed by atoms with Crippen LogP contribution < -0.4 is 5.32 Å². The van der Waals surface area contributed by atoms with E-state index in [1.807, 2.05) is 0 Å². The van der Waals surface area contributed by atoms with Crippen molar-refractivity contribution >= 4 is 25.6 Å². The van der Waals surface area contributed by atoms with E-state index in [2.05, 4.69) is 12.2 Å². The Morgan fingerprint density at radius 3 is 2.40 bits per heavy atom. The zero-order valence-electron chi connectivity index (χ0n) is 11.8. The molecule has 0 saturated heterocycles. The van der Waals surface area contributed by atoms with Gasteiger partial charge in [-0.2, -0.15) is 0 Å². The van der Waals surface area contributed by atoms with Crippen molar-refractivity contribution in [1.29, 1.82) is 0 Å². The first-order valence-electron chi connectivity index (χ1n) is 6.46. The van der Waals surface area contributed by atoms with Crippen molar-refractivity contribution in [2.24, 2.45) is 5.41 Å². The van der Waals surface area contributed by atoms with Gasteiger partial charge in [0.25, 0.3) is 15.0 Å². The molecule has 1 fully saturated rings. The molecule has 0 atom stereocenters. The van der Waals surface area contributed by atoms with Gasteiger partial charge in [-0.3, -0.25) is 4.79 Å². The smallest absolute Gasteiger partial charge is 0.261 e. The fourth-order valence-electron chi connectivity index (χ4n) is 2.12. The molecule has 2 rings (SSSR count). The van der Waals surface area contributed by atoms with Gasteiger partial charge in [0.1, 0.15) is 0 Å². The number of hydrogen-bond acceptors (Lipinski definition) is 3. The highest BCUT2D eigenvalue weighted by Gasteiger charge is 2.37. The number of aryl methyl sites for hydroxylation is 2. The maximum Gasteiger partial charge on any atom is 0.261 e. The van der Waals surface area contributed by atoms with Crippen LogP contribution in [0.2, 0.25) is 0 Å². The predicted molar refractivity (Wildman–Crippen MR) is 78.6 cm³/mol. The lowest BCUT2D eigenvalue weighted by molar-refractivity contribution is 0.0945. The standard InChI is InChI=1S/C14H18ClNO3S/c1-9-6-10(2)12(20(15,18)19)7-11(9)13(17)16-8-14(3)4-5-14/h6-7H,4-5,8H2,1-3H3,(H,16,17). The average molecular weight is 316 g/mol. The molecule has 6 heteroatoms. The van der Waals surface area contributed by atoms with E-state index in [1.54, 1.807) is 19.9 Å². The van der Waals surface area contributed by atoms with Gasteiger partial charge in [-0.05, 0) is 49.3 Å². The van der Waals surface area contributed by atoms with Gasteiger partial charge in [0.2, 0.25) is 0 Å². The highest BCUT2D eigenvalue weighted by atomic mass is 35.7. The topological polar surface area (TPSA) is 63.2 Å². The Hall–Kier alpha value is -1.07. The molecule has 0 spiro atoms. The largest absolute Gasteiger partial charge is 0.351 e. The number of carbonyl (C=O) groups is 1. The number of hydrogen-bond donors (Lipinski definition) is 1. The van der Waals surface area contributed by atoms with Crippen LogP contribution in [0.1, 0.15) is 41.3 Å². The molecular formula is C14H18ClNO3S. The first kappa shape index (κ1) is 15.3. The van der Waals surface area contributed by atoms with Crippen molar-refractivity contribution in [2.75, 3.05) is 6.54 Å². The van der Waals surface area contributed by atoms with Crippen LogP contribution in [0.5, 0.6) is 0 Å². The molecule has 0 aliphatic heterocycles. The molecule has 1 aliphatic carbocycles. The van der Waals surface area contributed by atoms with E-state index in [1.165, 1.54) is 6.07 Å². The van der Waals surface area contributed by atoms with Gasteiger partial charge in [-0.15, -0.1) is 0 Å². The van der Waals surface area contributed by atoms with E-state index < -0.39 is 9.05 Å². The Bertz CT molecular complexity index is 663. The minimum Gasteiger partial charge on any atom is -0.351 e. The number of halogens is 1. The minimum atomic E-state index is -3.85. The van der Waals surface area contributed by atoms with Gasteiger partial charge in [0.15, 0.2) is 0 Å². The van der Waals surface area contributed by atoms with Crippen molar-refractivity contribution in [3.8, 4) is 0 Å². The SMILES string of the molecule is Cc1cc(C)c(S(=O)(=O)Cl)cc1C(=O)NCC1(C)CC1. The summed E-state index contributed by atoms with van der Waals surface area (Å²) in [6.07, 6.45) is 2.23. The normalized spacial score (nSPS) is 16.8. The van der Waals surface area contributed by atoms with E-state index in [9.17, 15) is 13.2 Å². The van der Waals surface area contributed by atoms with Crippen molar-refractivity contribution in [3.05, 3.63) is 28.8 Å². The van der Waals surface area contributed by atoms with E-state index in [0.29, 0.717) is 17.7 Å². The molecule has 0 bridgehead atoms. The lowest BCUT2D eigenvalue weighted by atomic mass is 10.0. The first-order valence-corrected chi connectivity index (χ1v) is 8.77. The molecule has 1 aromatic carbocycles. The van der Waals surface area contributed by atoms with E-state index in [-0.39, 0.29) is 16.2 Å². The summed E-state index contributed by atoms with van der Waals surface area (Å²) in [5, 5.41) is 2.86. The lowest BCUT2D eigenvalue weighted by Gasteiger charge is -2.13. The van der Waals surface area contributed by atoms with E-state index in [4.69, 9.17) is 10.7 Å². The predicted octanol–water partition coefficient (Wildman–Crippen LogP) is 2.76. The average Bonchev–Trinajstić information content (AvgIpc) is 3.03. The zero-order chi connectivity index (χ0) is 15.1. The van der Waals surface area contributed by atoms with Gasteiger partial charge >= 0.3 is 0 Å². The van der Waals surface area contributed by atoms with Crippen LogP contribution in [0.15, 0.2) is 17.0 Å². The summed E-state index contributed by atoms with van der Waals surface area (Å²) in [6.45, 7) is 6.17. The number of carbonyl (C=O) groups excluding carboxylic acids is 1. The molecule has 1 N–H and O–H groups in total. The summed E-state index contributed by atoms with van der Waals surface area (Å²) >= 11 is 0. The van der Waals surface area contributed by atoms with Gasteiger partial charge < -0.3 is 5.32 Å². The van der Waals surface area contributed by atoms with E-state index in [0.717, 1.165) is 18.4 Å². The van der Waals surface area contributed by atoms with Gasteiger partial charge in [-0.1, -0.05) is 13.0 Å². The molecule has 1 aliphatic rings. The molecule has 110 valence electrons. The molecule has 1 saturated carbocycles. The van der Waals surface area contributed by atoms with Crippen molar-refractivity contribution in [2.45, 2.75) is 38.5 Å². The van der Waals surface area contributed by atoms with Crippen LogP contribution in [-0.2, 0) is 9.05 Å². The van der Waals surface area contributed by atoms with Crippen molar-refractivity contribution in [3.63, 3.8) is 0 Å². The van der Waals surface area contributed by atoms with Crippen LogP contribution in [0, 0.1) is 19.3 Å². The monoisotopic (exact) mass is 315 g/mol. The maximum absolute atomic E-state index is 12.2. The Morgan fingerprint density at radius 2 is 1.90 bits per heavy atom. The van der Waals surface area contributed by atoms with Crippen LogP contribution in [0.25, 0.3) is 0 Å². The van der Waals surface area contributed by atoms with Gasteiger partial charge in [-0.25, -0.2) is 8.42 Å². The Labute approximate surface area is 123 Å². The summed E-state index contributed by atoms with van der Waals surface area (Å²) < 4.78 is 23.0. The Morgan fingerprint density at radius 1 is 1.30 bits per heavy atom. The molecule has 4 nitrogen and oxygen atoms in total. The highest BCUT2D eigenvalue weighted by molar-refractivity contribution is 8.13. The number of benzene rings is 1. The molecule has 0 radical (unpaired) electrons. The molecule has 0 aromatic heterocycles. The zero-order valence-corrected chi connectivity index (χ0v) is 13.4. The first-order chi connectivity index (χ1) is 9.12. The fourth-order valence-corrected chi connectivity index (χ4v) is 3.32. The lowest BCUT2D eigenvalue weighted by Crippen LogP contribution is -2.29. The molecule has 0 unspecified atom stereocenters. The van der Waals surface area contributed by atoms with Crippen LogP contribution in [-0.4, -0.2) is 20.9 Å². The summed E-state index contributed by atoms with van der Waals surface area (Å²) in [6, 6.07) is 3.03. The summed E-state index contributed by atoms with van der Waals surface area (Å²) in [5.41, 5.74) is 1.85. The third-order valence-corrected chi connectivity index (χ3v) is 5.27. The van der Waals surface area contributed by atoms with Crippen LogP contribution in [0.3, 0.4) is 0 Å². The van der Waals surface area contributed by atoms with Gasteiger partial charge in [0.05, 0.1) is 4.90 Å². The number of rotatable bonds is 4. The summed E-state index contributed by atoms with van der Waals surface area (Å²) in [5.74, 6) is -0.253.